The third-order valence-electron chi connectivity index (χ3n) is 1.68. The van der Waals surface area contributed by atoms with E-state index in [0.29, 0.717) is 6.10 Å². The van der Waals surface area contributed by atoms with Crippen molar-refractivity contribution >= 4 is 31.9 Å². The first kappa shape index (κ1) is 5.69. The molecule has 8 heavy (non-hydrogen) atoms. The maximum Gasteiger partial charge on any atom is 0.0864 e. The van der Waals surface area contributed by atoms with Crippen LogP contribution in [0.15, 0.2) is 0 Å². The van der Waals surface area contributed by atoms with Crippen molar-refractivity contribution in [3.8, 4) is 0 Å². The van der Waals surface area contributed by atoms with Crippen LogP contribution in [-0.4, -0.2) is 15.9 Å². The lowest BCUT2D eigenvalue weighted by Gasteiger charge is -1.91. The summed E-state index contributed by atoms with van der Waals surface area (Å²) in [7, 11) is 0. The highest BCUT2D eigenvalue weighted by atomic mass is 79.9. The first-order valence-corrected chi connectivity index (χ1v) is 4.28. The van der Waals surface area contributed by atoms with E-state index in [0.717, 1.165) is 12.5 Å². The molecule has 0 N–H and O–H groups in total. The number of hydrogen-bond acceptors (Lipinski definition) is 1. The molecule has 2 atom stereocenters. The molecule has 1 saturated heterocycles. The Kier molecular flexibility index (Phi) is 1.06. The Morgan fingerprint density at radius 3 is 2.12 bits per heavy atom. The van der Waals surface area contributed by atoms with Gasteiger partial charge in [-0.15, -0.1) is 0 Å². The summed E-state index contributed by atoms with van der Waals surface area (Å²) in [6, 6.07) is 0. The first-order chi connectivity index (χ1) is 3.70. The van der Waals surface area contributed by atoms with Crippen molar-refractivity contribution in [2.45, 2.75) is 15.8 Å². The standard InChI is InChI=1S/C5H6Br2O/c6-5(7)1-3(5)4-2-8-4/h3-4H,1-2H2/t3-,4-/m0/s1. The van der Waals surface area contributed by atoms with Gasteiger partial charge in [0.25, 0.3) is 0 Å². The van der Waals surface area contributed by atoms with Crippen molar-refractivity contribution in [2.24, 2.45) is 5.92 Å². The van der Waals surface area contributed by atoms with E-state index in [-0.39, 0.29) is 3.23 Å². The van der Waals surface area contributed by atoms with Gasteiger partial charge in [-0.3, -0.25) is 0 Å². The Balaban J connectivity index is 1.95. The Labute approximate surface area is 65.0 Å². The molecule has 1 heterocycles. The van der Waals surface area contributed by atoms with Crippen molar-refractivity contribution in [3.05, 3.63) is 0 Å². The van der Waals surface area contributed by atoms with Crippen LogP contribution in [0.5, 0.6) is 0 Å². The minimum atomic E-state index is 0.251. The van der Waals surface area contributed by atoms with Crippen molar-refractivity contribution in [1.29, 1.82) is 0 Å². The van der Waals surface area contributed by atoms with Gasteiger partial charge < -0.3 is 4.74 Å². The van der Waals surface area contributed by atoms with Gasteiger partial charge in [-0.05, 0) is 6.42 Å². The lowest BCUT2D eigenvalue weighted by atomic mass is 10.3. The smallest absolute Gasteiger partial charge is 0.0864 e. The maximum absolute atomic E-state index is 5.11. The largest absolute Gasteiger partial charge is 0.373 e. The Bertz CT molecular complexity index is 120. The van der Waals surface area contributed by atoms with Gasteiger partial charge in [0.05, 0.1) is 15.9 Å². The van der Waals surface area contributed by atoms with E-state index in [4.69, 9.17) is 4.74 Å². The third-order valence-corrected chi connectivity index (χ3v) is 3.51. The highest BCUT2D eigenvalue weighted by molar-refractivity contribution is 9.25. The van der Waals surface area contributed by atoms with Gasteiger partial charge in [-0.2, -0.15) is 0 Å². The molecule has 0 amide bonds. The second-order valence-corrected chi connectivity index (χ2v) is 6.34. The SMILES string of the molecule is BrC1(Br)C[C@H]1[C@@H]1CO1. The lowest BCUT2D eigenvalue weighted by Crippen LogP contribution is -1.95. The van der Waals surface area contributed by atoms with E-state index in [1.807, 2.05) is 0 Å². The van der Waals surface area contributed by atoms with Crippen LogP contribution >= 0.6 is 31.9 Å². The number of alkyl halides is 2. The molecule has 0 spiro atoms. The van der Waals surface area contributed by atoms with Crippen molar-refractivity contribution in [2.75, 3.05) is 6.61 Å². The summed E-state index contributed by atoms with van der Waals surface area (Å²) < 4.78 is 5.36. The Morgan fingerprint density at radius 1 is 1.50 bits per heavy atom. The third kappa shape index (κ3) is 0.847. The molecule has 1 aliphatic heterocycles. The predicted octanol–water partition coefficient (Wildman–Crippen LogP) is 1.89. The minimum absolute atomic E-state index is 0.251. The van der Waals surface area contributed by atoms with E-state index >= 15 is 0 Å². The van der Waals surface area contributed by atoms with Gasteiger partial charge in [0.2, 0.25) is 0 Å². The molecule has 2 rings (SSSR count). The Morgan fingerprint density at radius 2 is 2.00 bits per heavy atom. The summed E-state index contributed by atoms with van der Waals surface area (Å²) in [5.74, 6) is 0.738. The molecule has 1 aliphatic carbocycles. The van der Waals surface area contributed by atoms with Crippen LogP contribution in [0.25, 0.3) is 0 Å². The van der Waals surface area contributed by atoms with Crippen LogP contribution in [-0.2, 0) is 4.74 Å². The van der Waals surface area contributed by atoms with E-state index in [1.54, 1.807) is 0 Å². The molecule has 0 bridgehead atoms. The molecule has 0 aromatic rings. The number of halogens is 2. The van der Waals surface area contributed by atoms with Crippen LogP contribution < -0.4 is 0 Å². The fourth-order valence-corrected chi connectivity index (χ4v) is 2.21. The van der Waals surface area contributed by atoms with Crippen LogP contribution in [0.3, 0.4) is 0 Å². The molecule has 1 nitrogen and oxygen atoms in total. The molecule has 46 valence electrons. The van der Waals surface area contributed by atoms with Crippen molar-refractivity contribution in [3.63, 3.8) is 0 Å². The van der Waals surface area contributed by atoms with Gasteiger partial charge in [0.1, 0.15) is 0 Å². The monoisotopic (exact) mass is 240 g/mol. The zero-order valence-corrected chi connectivity index (χ0v) is 7.41. The second kappa shape index (κ2) is 1.50. The number of epoxide rings is 1. The van der Waals surface area contributed by atoms with Gasteiger partial charge >= 0.3 is 0 Å². The molecule has 2 aliphatic rings. The van der Waals surface area contributed by atoms with Crippen molar-refractivity contribution in [1.82, 2.24) is 0 Å². The fourth-order valence-electron chi connectivity index (χ4n) is 0.926. The summed E-state index contributed by atoms with van der Waals surface area (Å²) in [5.41, 5.74) is 0. The maximum atomic E-state index is 5.11. The number of hydrogen-bond donors (Lipinski definition) is 0. The van der Waals surface area contributed by atoms with Crippen LogP contribution in [0, 0.1) is 5.92 Å². The number of rotatable bonds is 1. The summed E-state index contributed by atoms with van der Waals surface area (Å²) in [6.07, 6.45) is 1.78. The molecular weight excluding hydrogens is 236 g/mol. The summed E-state index contributed by atoms with van der Waals surface area (Å²) in [4.78, 5) is 0. The highest BCUT2D eigenvalue weighted by Crippen LogP contribution is 2.60. The summed E-state index contributed by atoms with van der Waals surface area (Å²) >= 11 is 7.06. The highest BCUT2D eigenvalue weighted by Gasteiger charge is 2.58. The van der Waals surface area contributed by atoms with E-state index in [1.165, 1.54) is 6.42 Å². The average Bonchev–Trinajstić information content (AvgIpc) is 2.37. The van der Waals surface area contributed by atoms with Gasteiger partial charge in [0.15, 0.2) is 0 Å². The van der Waals surface area contributed by atoms with E-state index in [2.05, 4.69) is 31.9 Å². The second-order valence-electron chi connectivity index (χ2n) is 2.44. The van der Waals surface area contributed by atoms with Crippen molar-refractivity contribution < 1.29 is 4.74 Å². The fraction of sp³-hybridized carbons (Fsp3) is 1.00. The molecule has 2 fully saturated rings. The van der Waals surface area contributed by atoms with Gasteiger partial charge in [0, 0.05) is 5.92 Å². The normalized spacial score (nSPS) is 48.8. The molecule has 0 unspecified atom stereocenters. The zero-order valence-electron chi connectivity index (χ0n) is 4.23. The predicted molar refractivity (Wildman–Crippen MR) is 38.4 cm³/mol. The molecule has 0 radical (unpaired) electrons. The van der Waals surface area contributed by atoms with E-state index < -0.39 is 0 Å². The molecule has 0 aromatic carbocycles. The average molecular weight is 242 g/mol. The summed E-state index contributed by atoms with van der Waals surface area (Å²) in [5, 5.41) is 0. The molecule has 0 aromatic heterocycles. The first-order valence-electron chi connectivity index (χ1n) is 2.69. The van der Waals surface area contributed by atoms with Gasteiger partial charge in [-0.25, -0.2) is 0 Å². The minimum Gasteiger partial charge on any atom is -0.373 e. The topological polar surface area (TPSA) is 12.5 Å². The van der Waals surface area contributed by atoms with Crippen LogP contribution in [0.2, 0.25) is 0 Å². The quantitative estimate of drug-likeness (QED) is 0.505. The molecule has 1 saturated carbocycles. The van der Waals surface area contributed by atoms with Crippen LogP contribution in [0.4, 0.5) is 0 Å². The molecule has 3 heteroatoms. The lowest BCUT2D eigenvalue weighted by molar-refractivity contribution is 0.387. The van der Waals surface area contributed by atoms with Gasteiger partial charge in [-0.1, -0.05) is 31.9 Å². The van der Waals surface area contributed by atoms with E-state index in [9.17, 15) is 0 Å². The Hall–Kier alpha value is 0.920. The summed E-state index contributed by atoms with van der Waals surface area (Å²) in [6.45, 7) is 0.976. The van der Waals surface area contributed by atoms with Crippen LogP contribution in [0.1, 0.15) is 6.42 Å². The molecular formula is C5H6Br2O. The zero-order chi connectivity index (χ0) is 5.78. The number of ether oxygens (including phenoxy) is 1.